The molecular weight excluding hydrogens is 545 g/mol. The van der Waals surface area contributed by atoms with Crippen molar-refractivity contribution < 1.29 is 27.2 Å². The van der Waals surface area contributed by atoms with Gasteiger partial charge in [-0.25, -0.2) is 17.6 Å². The summed E-state index contributed by atoms with van der Waals surface area (Å²) in [6.45, 7) is 1.35. The molecule has 0 spiro atoms. The molecule has 4 N–H and O–H groups in total. The molecule has 2 atom stereocenters. The van der Waals surface area contributed by atoms with Gasteiger partial charge in [-0.1, -0.05) is 17.7 Å². The van der Waals surface area contributed by atoms with E-state index in [0.717, 1.165) is 24.3 Å². The van der Waals surface area contributed by atoms with E-state index in [0.29, 0.717) is 5.56 Å². The minimum absolute atomic E-state index is 0.00212. The van der Waals surface area contributed by atoms with Gasteiger partial charge in [-0.05, 0) is 54.4 Å². The molecule has 3 aromatic rings. The first kappa shape index (κ1) is 26.1. The number of aryl methyl sites for hydroxylation is 1. The normalized spacial score (nSPS) is 18.0. The summed E-state index contributed by atoms with van der Waals surface area (Å²) in [5.74, 6) is -7.16. The summed E-state index contributed by atoms with van der Waals surface area (Å²) in [5.41, 5.74) is 3.98. The fourth-order valence-corrected chi connectivity index (χ4v) is 4.87. The van der Waals surface area contributed by atoms with Crippen LogP contribution in [0.15, 0.2) is 42.5 Å². The summed E-state index contributed by atoms with van der Waals surface area (Å²) in [5, 5.41) is 4.51. The molecule has 2 amide bonds. The number of carbonyl (C=O) groups excluding carboxylic acids is 2. The molecule has 0 heterocycles. The standard InChI is InChI=1S/C24H16Cl3F4N3O2/c1-9-6-11(8-12(19(9)30)22(35)34-16-5-4-15(29)21(32)20(16)31)33-23(36)18-17(24(18,26)27)10-2-3-14(28)13(25)7-10/h2-8,17-18H,32H2,1H3,(H,33,36)(H,34,35)/t17-,18+/m0/s1. The minimum Gasteiger partial charge on any atom is -0.394 e. The van der Waals surface area contributed by atoms with Crippen LogP contribution < -0.4 is 16.4 Å². The van der Waals surface area contributed by atoms with Gasteiger partial charge in [0.25, 0.3) is 5.91 Å². The molecule has 0 bridgehead atoms. The Hall–Kier alpha value is -3.01. The lowest BCUT2D eigenvalue weighted by molar-refractivity contribution is -0.117. The molecular formula is C24H16Cl3F4N3O2. The van der Waals surface area contributed by atoms with E-state index in [9.17, 15) is 27.2 Å². The molecule has 188 valence electrons. The van der Waals surface area contributed by atoms with Crippen molar-refractivity contribution >= 4 is 63.7 Å². The number of hydrogen-bond acceptors (Lipinski definition) is 3. The van der Waals surface area contributed by atoms with Crippen LogP contribution in [0.25, 0.3) is 0 Å². The highest BCUT2D eigenvalue weighted by Crippen LogP contribution is 2.65. The molecule has 4 rings (SSSR count). The number of hydrogen-bond donors (Lipinski definition) is 3. The van der Waals surface area contributed by atoms with Crippen LogP contribution in [-0.4, -0.2) is 16.1 Å². The van der Waals surface area contributed by atoms with E-state index in [2.05, 4.69) is 10.6 Å². The molecule has 0 saturated heterocycles. The van der Waals surface area contributed by atoms with Crippen LogP contribution in [0.5, 0.6) is 0 Å². The van der Waals surface area contributed by atoms with Gasteiger partial charge in [0.05, 0.1) is 22.2 Å². The average Bonchev–Trinajstić information content (AvgIpc) is 3.40. The van der Waals surface area contributed by atoms with Crippen molar-refractivity contribution in [1.82, 2.24) is 0 Å². The van der Waals surface area contributed by atoms with Crippen molar-refractivity contribution in [1.29, 1.82) is 0 Å². The first-order chi connectivity index (χ1) is 16.8. The van der Waals surface area contributed by atoms with Crippen LogP contribution in [0.4, 0.5) is 34.6 Å². The summed E-state index contributed by atoms with van der Waals surface area (Å²) in [7, 11) is 0. The van der Waals surface area contributed by atoms with Crippen molar-refractivity contribution in [3.8, 4) is 0 Å². The van der Waals surface area contributed by atoms with Gasteiger partial charge in [-0.3, -0.25) is 9.59 Å². The second kappa shape index (κ2) is 9.46. The predicted octanol–water partition coefficient (Wildman–Crippen LogP) is 6.57. The van der Waals surface area contributed by atoms with Crippen molar-refractivity contribution in [2.75, 3.05) is 16.4 Å². The summed E-state index contributed by atoms with van der Waals surface area (Å²) >= 11 is 18.4. The number of rotatable bonds is 5. The third-order valence-corrected chi connectivity index (χ3v) is 7.01. The Morgan fingerprint density at radius 1 is 0.944 bits per heavy atom. The van der Waals surface area contributed by atoms with Crippen LogP contribution in [0, 0.1) is 36.1 Å². The Labute approximate surface area is 217 Å². The molecule has 0 unspecified atom stereocenters. The third kappa shape index (κ3) is 4.70. The molecule has 0 aliphatic heterocycles. The van der Waals surface area contributed by atoms with Gasteiger partial charge in [-0.15, -0.1) is 23.2 Å². The van der Waals surface area contributed by atoms with E-state index in [4.69, 9.17) is 40.5 Å². The van der Waals surface area contributed by atoms with E-state index in [1.807, 2.05) is 0 Å². The van der Waals surface area contributed by atoms with Gasteiger partial charge in [0.15, 0.2) is 5.82 Å². The molecule has 0 aromatic heterocycles. The van der Waals surface area contributed by atoms with Gasteiger partial charge < -0.3 is 16.4 Å². The maximum absolute atomic E-state index is 14.7. The predicted molar refractivity (Wildman–Crippen MR) is 131 cm³/mol. The van der Waals surface area contributed by atoms with Crippen molar-refractivity contribution in [3.63, 3.8) is 0 Å². The molecule has 1 aliphatic carbocycles. The Morgan fingerprint density at radius 3 is 2.28 bits per heavy atom. The number of nitrogens with two attached hydrogens (primary N) is 1. The first-order valence-electron chi connectivity index (χ1n) is 10.3. The molecule has 36 heavy (non-hydrogen) atoms. The van der Waals surface area contributed by atoms with Gasteiger partial charge in [-0.2, -0.15) is 0 Å². The number of amides is 2. The Bertz CT molecular complexity index is 1420. The third-order valence-electron chi connectivity index (χ3n) is 5.78. The number of halogens is 7. The number of anilines is 3. The average molecular weight is 561 g/mol. The van der Waals surface area contributed by atoms with Crippen LogP contribution >= 0.6 is 34.8 Å². The van der Waals surface area contributed by atoms with E-state index >= 15 is 0 Å². The second-order valence-corrected chi connectivity index (χ2v) is 10.1. The molecule has 3 aromatic carbocycles. The SMILES string of the molecule is Cc1cc(NC(=O)[C@H]2[C@H](c3ccc(F)c(Cl)c3)C2(Cl)Cl)cc(C(=O)Nc2ccc(F)c(N)c2F)c1F. The van der Waals surface area contributed by atoms with Crippen LogP contribution in [0.3, 0.4) is 0 Å². The molecule has 1 aliphatic rings. The number of benzene rings is 3. The lowest BCUT2D eigenvalue weighted by atomic mass is 10.1. The number of carbonyl (C=O) groups is 2. The monoisotopic (exact) mass is 559 g/mol. The zero-order valence-corrected chi connectivity index (χ0v) is 20.5. The number of nitrogen functional groups attached to an aromatic ring is 1. The molecule has 1 saturated carbocycles. The highest BCUT2D eigenvalue weighted by atomic mass is 35.5. The lowest BCUT2D eigenvalue weighted by Crippen LogP contribution is -2.20. The molecule has 1 fully saturated rings. The summed E-state index contributed by atoms with van der Waals surface area (Å²) in [4.78, 5) is 25.6. The van der Waals surface area contributed by atoms with Crippen molar-refractivity contribution in [2.45, 2.75) is 17.2 Å². The Balaban J connectivity index is 1.56. The molecule has 0 radical (unpaired) electrons. The Morgan fingerprint density at radius 2 is 1.61 bits per heavy atom. The van der Waals surface area contributed by atoms with Gasteiger partial charge in [0.2, 0.25) is 5.91 Å². The van der Waals surface area contributed by atoms with Crippen LogP contribution in [0.2, 0.25) is 5.02 Å². The maximum Gasteiger partial charge on any atom is 0.258 e. The van der Waals surface area contributed by atoms with E-state index in [1.165, 1.54) is 25.1 Å². The number of nitrogens with one attached hydrogen (secondary N) is 2. The highest BCUT2D eigenvalue weighted by molar-refractivity contribution is 6.53. The van der Waals surface area contributed by atoms with Crippen molar-refractivity contribution in [3.05, 3.63) is 87.4 Å². The quantitative estimate of drug-likeness (QED) is 0.188. The molecule has 5 nitrogen and oxygen atoms in total. The fraction of sp³-hybridized carbons (Fsp3) is 0.167. The zero-order chi connectivity index (χ0) is 26.5. The van der Waals surface area contributed by atoms with Gasteiger partial charge in [0, 0.05) is 11.6 Å². The van der Waals surface area contributed by atoms with Gasteiger partial charge >= 0.3 is 0 Å². The second-order valence-electron chi connectivity index (χ2n) is 8.22. The smallest absolute Gasteiger partial charge is 0.258 e. The number of alkyl halides is 2. The first-order valence-corrected chi connectivity index (χ1v) is 11.4. The van der Waals surface area contributed by atoms with Gasteiger partial charge in [0.1, 0.15) is 27.5 Å². The van der Waals surface area contributed by atoms with E-state index < -0.39 is 68.2 Å². The van der Waals surface area contributed by atoms with Crippen molar-refractivity contribution in [2.24, 2.45) is 5.92 Å². The Kier molecular flexibility index (Phi) is 6.85. The highest BCUT2D eigenvalue weighted by Gasteiger charge is 2.67. The minimum atomic E-state index is -1.51. The topological polar surface area (TPSA) is 84.2 Å². The summed E-state index contributed by atoms with van der Waals surface area (Å²) in [6, 6.07) is 7.95. The van der Waals surface area contributed by atoms with E-state index in [1.54, 1.807) is 0 Å². The summed E-state index contributed by atoms with van der Waals surface area (Å²) in [6.07, 6.45) is 0. The van der Waals surface area contributed by atoms with E-state index in [-0.39, 0.29) is 16.3 Å². The zero-order valence-electron chi connectivity index (χ0n) is 18.2. The fourth-order valence-electron chi connectivity index (χ4n) is 3.86. The maximum atomic E-state index is 14.7. The largest absolute Gasteiger partial charge is 0.394 e. The van der Waals surface area contributed by atoms with Crippen LogP contribution in [0.1, 0.15) is 27.4 Å². The summed E-state index contributed by atoms with van der Waals surface area (Å²) < 4.78 is 54.3. The lowest BCUT2D eigenvalue weighted by Gasteiger charge is -2.13. The molecule has 12 heteroatoms. The van der Waals surface area contributed by atoms with Crippen LogP contribution in [-0.2, 0) is 4.79 Å².